The van der Waals surface area contributed by atoms with Crippen LogP contribution >= 0.6 is 0 Å². The van der Waals surface area contributed by atoms with E-state index in [1.807, 2.05) is 0 Å². The van der Waals surface area contributed by atoms with Gasteiger partial charge in [-0.2, -0.15) is 0 Å². The Morgan fingerprint density at radius 3 is 2.05 bits per heavy atom. The van der Waals surface area contributed by atoms with E-state index < -0.39 is 34.6 Å². The third kappa shape index (κ3) is 3.95. The molecule has 0 spiro atoms. The highest BCUT2D eigenvalue weighted by Gasteiger charge is 2.74. The SMILES string of the molecule is CC(=O)O[C@@H]1C[C@]2(C)[C@H]3CC=C4[C@]5(O)CC(C)(C)CC[C@]5(C(=O)O)CC[C@@]4(C)[C@]3(C)CC[C@H]2C(C)(C)[C@H]1OC(C)=O. The number of carboxylic acid groups (broad SMARTS) is 1. The van der Waals surface area contributed by atoms with Crippen molar-refractivity contribution in [2.24, 2.45) is 44.3 Å². The van der Waals surface area contributed by atoms with Gasteiger partial charge in [0.25, 0.3) is 0 Å². The lowest BCUT2D eigenvalue weighted by molar-refractivity contribution is -0.250. The number of carbonyl (C=O) groups excluding carboxylic acids is 2. The van der Waals surface area contributed by atoms with Crippen LogP contribution in [0, 0.1) is 44.3 Å². The van der Waals surface area contributed by atoms with Crippen molar-refractivity contribution in [3.63, 3.8) is 0 Å². The molecule has 7 heteroatoms. The number of carbonyl (C=O) groups is 3. The molecule has 5 aliphatic carbocycles. The lowest BCUT2D eigenvalue weighted by atomic mass is 9.32. The predicted octanol–water partition coefficient (Wildman–Crippen LogP) is 6.46. The van der Waals surface area contributed by atoms with E-state index >= 15 is 0 Å². The van der Waals surface area contributed by atoms with Gasteiger partial charge >= 0.3 is 17.9 Å². The summed E-state index contributed by atoms with van der Waals surface area (Å²) >= 11 is 0. The van der Waals surface area contributed by atoms with Gasteiger partial charge in [0.05, 0.1) is 0 Å². The van der Waals surface area contributed by atoms with Gasteiger partial charge in [-0.15, -0.1) is 0 Å². The molecule has 0 aromatic carbocycles. The van der Waals surface area contributed by atoms with Crippen molar-refractivity contribution in [2.45, 2.75) is 138 Å². The number of aliphatic carboxylic acids is 1. The summed E-state index contributed by atoms with van der Waals surface area (Å²) in [4.78, 5) is 37.4. The van der Waals surface area contributed by atoms with Crippen molar-refractivity contribution >= 4 is 17.9 Å². The monoisotopic (exact) mass is 572 g/mol. The molecule has 0 heterocycles. The maximum atomic E-state index is 12.9. The van der Waals surface area contributed by atoms with Crippen LogP contribution in [0.5, 0.6) is 0 Å². The van der Waals surface area contributed by atoms with E-state index in [0.29, 0.717) is 25.7 Å². The average Bonchev–Trinajstić information content (AvgIpc) is 2.80. The molecule has 5 aliphatic rings. The molecule has 230 valence electrons. The van der Waals surface area contributed by atoms with Gasteiger partial charge in [0.15, 0.2) is 0 Å². The lowest BCUT2D eigenvalue weighted by Gasteiger charge is -2.72. The zero-order valence-corrected chi connectivity index (χ0v) is 26.7. The molecule has 41 heavy (non-hydrogen) atoms. The van der Waals surface area contributed by atoms with Gasteiger partial charge in [-0.3, -0.25) is 14.4 Å². The Morgan fingerprint density at radius 2 is 1.46 bits per heavy atom. The minimum Gasteiger partial charge on any atom is -0.481 e. The van der Waals surface area contributed by atoms with Crippen LogP contribution in [-0.2, 0) is 23.9 Å². The summed E-state index contributed by atoms with van der Waals surface area (Å²) in [6.45, 7) is 18.5. The molecule has 9 atom stereocenters. The van der Waals surface area contributed by atoms with Crippen molar-refractivity contribution < 1.29 is 34.1 Å². The third-order valence-corrected chi connectivity index (χ3v) is 13.6. The van der Waals surface area contributed by atoms with Crippen LogP contribution in [0.4, 0.5) is 0 Å². The van der Waals surface area contributed by atoms with Gasteiger partial charge in [-0.1, -0.05) is 54.5 Å². The number of hydrogen-bond donors (Lipinski definition) is 2. The van der Waals surface area contributed by atoms with E-state index in [0.717, 1.165) is 37.7 Å². The second kappa shape index (κ2) is 9.06. The fourth-order valence-electron chi connectivity index (χ4n) is 11.6. The molecule has 2 N–H and O–H groups in total. The van der Waals surface area contributed by atoms with Gasteiger partial charge in [0.2, 0.25) is 0 Å². The minimum absolute atomic E-state index is 0.148. The smallest absolute Gasteiger partial charge is 0.312 e. The van der Waals surface area contributed by atoms with Crippen LogP contribution in [0.25, 0.3) is 0 Å². The molecule has 7 nitrogen and oxygen atoms in total. The Labute approximate surface area is 245 Å². The summed E-state index contributed by atoms with van der Waals surface area (Å²) in [7, 11) is 0. The first kappa shape index (κ1) is 30.6. The van der Waals surface area contributed by atoms with E-state index in [4.69, 9.17) is 9.47 Å². The zero-order chi connectivity index (χ0) is 30.6. The standard InChI is InChI=1S/C34H52O7/c1-20(35)40-22-18-30(7)23(29(5,6)26(22)41-21(2)36)12-13-31(8)24(30)10-11-25-32(31,9)15-17-33(27(37)38)16-14-28(3,4)19-34(25,33)39/h11,22-24,26,39H,10,12-19H2,1-9H3,(H,37,38)/t22-,23+,24-,26+,30+,31-,32-,33-,34-/m1/s1. The highest BCUT2D eigenvalue weighted by molar-refractivity contribution is 5.78. The molecule has 0 radical (unpaired) electrons. The average molecular weight is 573 g/mol. The normalized spacial score (nSPS) is 47.8. The fraction of sp³-hybridized carbons (Fsp3) is 0.853. The van der Waals surface area contributed by atoms with Crippen molar-refractivity contribution in [3.05, 3.63) is 11.6 Å². The number of hydrogen-bond acceptors (Lipinski definition) is 6. The van der Waals surface area contributed by atoms with Crippen LogP contribution in [-0.4, -0.2) is 45.9 Å². The first-order valence-corrected chi connectivity index (χ1v) is 15.7. The van der Waals surface area contributed by atoms with Gasteiger partial charge in [0, 0.05) is 19.3 Å². The fourth-order valence-corrected chi connectivity index (χ4v) is 11.6. The molecular formula is C34H52O7. The molecule has 0 unspecified atom stereocenters. The Morgan fingerprint density at radius 1 is 0.854 bits per heavy atom. The molecule has 4 fully saturated rings. The molecule has 0 bridgehead atoms. The number of fused-ring (bicyclic) bond motifs is 7. The Kier molecular flexibility index (Phi) is 6.75. The molecular weight excluding hydrogens is 520 g/mol. The van der Waals surface area contributed by atoms with E-state index in [1.54, 1.807) is 0 Å². The second-order valence-corrected chi connectivity index (χ2v) is 16.5. The van der Waals surface area contributed by atoms with Crippen LogP contribution in [0.1, 0.15) is 120 Å². The third-order valence-electron chi connectivity index (χ3n) is 13.6. The topological polar surface area (TPSA) is 110 Å². The second-order valence-electron chi connectivity index (χ2n) is 16.5. The molecule has 0 amide bonds. The lowest BCUT2D eigenvalue weighted by Crippen LogP contribution is -2.71. The van der Waals surface area contributed by atoms with Gasteiger partial charge in [-0.25, -0.2) is 0 Å². The van der Waals surface area contributed by atoms with Crippen LogP contribution in [0.15, 0.2) is 11.6 Å². The highest BCUT2D eigenvalue weighted by Crippen LogP contribution is 2.76. The maximum absolute atomic E-state index is 12.9. The maximum Gasteiger partial charge on any atom is 0.312 e. The zero-order valence-electron chi connectivity index (χ0n) is 26.7. The molecule has 4 saturated carbocycles. The van der Waals surface area contributed by atoms with Crippen molar-refractivity contribution in [3.8, 4) is 0 Å². The van der Waals surface area contributed by atoms with Crippen LogP contribution < -0.4 is 0 Å². The summed E-state index contributed by atoms with van der Waals surface area (Å²) in [5, 5.41) is 23.3. The summed E-state index contributed by atoms with van der Waals surface area (Å²) in [5.74, 6) is -1.14. The Bertz CT molecular complexity index is 1190. The molecule has 0 aromatic heterocycles. The molecule has 0 saturated heterocycles. The number of carboxylic acids is 1. The number of ether oxygens (including phenoxy) is 2. The van der Waals surface area contributed by atoms with Crippen LogP contribution in [0.3, 0.4) is 0 Å². The highest BCUT2D eigenvalue weighted by atomic mass is 16.6. The quantitative estimate of drug-likeness (QED) is 0.295. The van der Waals surface area contributed by atoms with Gasteiger partial charge in [-0.05, 0) is 96.9 Å². The number of aliphatic hydroxyl groups is 1. The molecule has 5 rings (SSSR count). The van der Waals surface area contributed by atoms with E-state index in [-0.39, 0.29) is 45.4 Å². The van der Waals surface area contributed by atoms with Crippen molar-refractivity contribution in [1.29, 1.82) is 0 Å². The van der Waals surface area contributed by atoms with E-state index in [1.165, 1.54) is 13.8 Å². The van der Waals surface area contributed by atoms with Crippen molar-refractivity contribution in [2.75, 3.05) is 0 Å². The summed E-state index contributed by atoms with van der Waals surface area (Å²) in [6, 6.07) is 0. The first-order chi connectivity index (χ1) is 18.7. The van der Waals surface area contributed by atoms with Gasteiger partial charge < -0.3 is 19.7 Å². The van der Waals surface area contributed by atoms with E-state index in [9.17, 15) is 24.6 Å². The summed E-state index contributed by atoms with van der Waals surface area (Å²) in [5.41, 5.74) is -2.90. The Hall–Kier alpha value is -1.89. The predicted molar refractivity (Wildman–Crippen MR) is 155 cm³/mol. The number of rotatable bonds is 3. The summed E-state index contributed by atoms with van der Waals surface area (Å²) in [6.07, 6.45) is 7.34. The first-order valence-electron chi connectivity index (χ1n) is 15.7. The summed E-state index contributed by atoms with van der Waals surface area (Å²) < 4.78 is 11.8. The number of allylic oxidation sites excluding steroid dienone is 1. The number of esters is 2. The minimum atomic E-state index is -1.38. The van der Waals surface area contributed by atoms with Crippen molar-refractivity contribution in [1.82, 2.24) is 0 Å². The van der Waals surface area contributed by atoms with Crippen LogP contribution in [0.2, 0.25) is 0 Å². The van der Waals surface area contributed by atoms with E-state index in [2.05, 4.69) is 54.5 Å². The largest absolute Gasteiger partial charge is 0.481 e. The molecule has 0 aliphatic heterocycles. The van der Waals surface area contributed by atoms with Gasteiger partial charge in [0.1, 0.15) is 23.2 Å². The molecule has 0 aromatic rings. The Balaban J connectivity index is 1.62.